The zero-order valence-electron chi connectivity index (χ0n) is 10.3. The van der Waals surface area contributed by atoms with Gasteiger partial charge in [-0.05, 0) is 19.9 Å². The van der Waals surface area contributed by atoms with Crippen LogP contribution in [0.15, 0.2) is 24.3 Å². The molecule has 0 bridgehead atoms. The van der Waals surface area contributed by atoms with E-state index in [-0.39, 0.29) is 0 Å². The Morgan fingerprint density at radius 3 is 2.59 bits per heavy atom. The van der Waals surface area contributed by atoms with Crippen LogP contribution in [0.4, 0.5) is 0 Å². The summed E-state index contributed by atoms with van der Waals surface area (Å²) in [5.74, 6) is 0.789. The first-order chi connectivity index (χ1) is 8.11. The van der Waals surface area contributed by atoms with Crippen molar-refractivity contribution in [1.82, 2.24) is 9.97 Å². The van der Waals surface area contributed by atoms with E-state index in [0.717, 1.165) is 29.1 Å². The van der Waals surface area contributed by atoms with Crippen molar-refractivity contribution in [2.75, 3.05) is 0 Å². The monoisotopic (exact) mass is 246 g/mol. The maximum Gasteiger partial charge on any atom is 0.136 e. The molecule has 0 fully saturated rings. The number of aromatic nitrogens is 2. The highest BCUT2D eigenvalue weighted by atomic mass is 35.5. The largest absolute Gasteiger partial charge is 0.233 e. The Bertz CT molecular complexity index is 550. The predicted octanol–water partition coefficient (Wildman–Crippen LogP) is 3.98. The predicted molar refractivity (Wildman–Crippen MR) is 71.3 cm³/mol. The van der Waals surface area contributed by atoms with Crippen molar-refractivity contribution in [1.29, 1.82) is 0 Å². The average Bonchev–Trinajstić information content (AvgIpc) is 2.32. The molecule has 0 aliphatic heterocycles. The van der Waals surface area contributed by atoms with Crippen molar-refractivity contribution in [2.24, 2.45) is 0 Å². The van der Waals surface area contributed by atoms with E-state index in [1.165, 1.54) is 5.56 Å². The van der Waals surface area contributed by atoms with Gasteiger partial charge in [0, 0.05) is 17.5 Å². The van der Waals surface area contributed by atoms with Crippen molar-refractivity contribution in [3.63, 3.8) is 0 Å². The number of aryl methyl sites for hydroxylation is 2. The van der Waals surface area contributed by atoms with Crippen LogP contribution in [-0.2, 0) is 6.42 Å². The highest BCUT2D eigenvalue weighted by Crippen LogP contribution is 2.26. The summed E-state index contributed by atoms with van der Waals surface area (Å²) >= 11 is 6.14. The van der Waals surface area contributed by atoms with Gasteiger partial charge in [0.05, 0.1) is 5.69 Å². The van der Waals surface area contributed by atoms with E-state index in [1.807, 2.05) is 19.9 Å². The fourth-order valence-corrected chi connectivity index (χ4v) is 1.95. The first kappa shape index (κ1) is 12.1. The van der Waals surface area contributed by atoms with Crippen molar-refractivity contribution in [2.45, 2.75) is 27.2 Å². The van der Waals surface area contributed by atoms with E-state index in [4.69, 9.17) is 11.6 Å². The fourth-order valence-electron chi connectivity index (χ4n) is 1.76. The van der Waals surface area contributed by atoms with Gasteiger partial charge < -0.3 is 0 Å². The fraction of sp³-hybridized carbons (Fsp3) is 0.286. The minimum Gasteiger partial charge on any atom is -0.233 e. The molecule has 0 aliphatic carbocycles. The van der Waals surface area contributed by atoms with Crippen LogP contribution in [0, 0.1) is 13.8 Å². The van der Waals surface area contributed by atoms with Crippen LogP contribution in [-0.4, -0.2) is 9.97 Å². The quantitative estimate of drug-likeness (QED) is 0.750. The van der Waals surface area contributed by atoms with Gasteiger partial charge in [0.15, 0.2) is 0 Å². The molecule has 2 rings (SSSR count). The van der Waals surface area contributed by atoms with E-state index >= 15 is 0 Å². The lowest BCUT2D eigenvalue weighted by molar-refractivity contribution is 0.934. The molecule has 0 spiro atoms. The van der Waals surface area contributed by atoms with E-state index in [0.29, 0.717) is 5.15 Å². The van der Waals surface area contributed by atoms with Crippen LogP contribution < -0.4 is 0 Å². The molecular weight excluding hydrogens is 232 g/mol. The summed E-state index contributed by atoms with van der Waals surface area (Å²) in [6.45, 7) is 6.06. The number of benzene rings is 1. The van der Waals surface area contributed by atoms with Gasteiger partial charge in [0.1, 0.15) is 11.0 Å². The summed E-state index contributed by atoms with van der Waals surface area (Å²) in [6, 6.07) is 8.28. The summed E-state index contributed by atoms with van der Waals surface area (Å²) in [5, 5.41) is 0.549. The van der Waals surface area contributed by atoms with Crippen molar-refractivity contribution in [3.05, 3.63) is 46.4 Å². The molecular formula is C14H15ClN2. The molecule has 0 aliphatic rings. The highest BCUT2D eigenvalue weighted by molar-refractivity contribution is 6.30. The minimum atomic E-state index is 0.549. The standard InChI is InChI=1S/C14H15ClN2/c1-4-12-16-13(10(3)14(15)17-12)11-7-5-6-9(2)8-11/h5-8H,4H2,1-3H3. The van der Waals surface area contributed by atoms with Crippen LogP contribution in [0.5, 0.6) is 0 Å². The second-order valence-electron chi connectivity index (χ2n) is 4.13. The summed E-state index contributed by atoms with van der Waals surface area (Å²) in [7, 11) is 0. The Hall–Kier alpha value is -1.41. The molecule has 0 saturated carbocycles. The molecule has 0 atom stereocenters. The van der Waals surface area contributed by atoms with Gasteiger partial charge in [0.2, 0.25) is 0 Å². The van der Waals surface area contributed by atoms with Crippen molar-refractivity contribution >= 4 is 11.6 Å². The third-order valence-corrected chi connectivity index (χ3v) is 3.11. The normalized spacial score (nSPS) is 10.6. The third-order valence-electron chi connectivity index (χ3n) is 2.74. The van der Waals surface area contributed by atoms with Gasteiger partial charge >= 0.3 is 0 Å². The Balaban J connectivity index is 2.62. The second-order valence-corrected chi connectivity index (χ2v) is 4.49. The van der Waals surface area contributed by atoms with E-state index in [9.17, 15) is 0 Å². The number of rotatable bonds is 2. The molecule has 88 valence electrons. The maximum atomic E-state index is 6.14. The molecule has 3 heteroatoms. The smallest absolute Gasteiger partial charge is 0.136 e. The van der Waals surface area contributed by atoms with Gasteiger partial charge in [-0.1, -0.05) is 42.3 Å². The van der Waals surface area contributed by atoms with Gasteiger partial charge in [-0.25, -0.2) is 9.97 Å². The Morgan fingerprint density at radius 1 is 1.18 bits per heavy atom. The van der Waals surface area contributed by atoms with Crippen molar-refractivity contribution < 1.29 is 0 Å². The molecule has 1 aromatic carbocycles. The Labute approximate surface area is 107 Å². The zero-order valence-corrected chi connectivity index (χ0v) is 11.0. The molecule has 0 unspecified atom stereocenters. The maximum absolute atomic E-state index is 6.14. The third kappa shape index (κ3) is 2.47. The lowest BCUT2D eigenvalue weighted by Crippen LogP contribution is -1.99. The molecule has 0 N–H and O–H groups in total. The molecule has 2 aromatic rings. The molecule has 1 heterocycles. The van der Waals surface area contributed by atoms with Crippen LogP contribution in [0.2, 0.25) is 5.15 Å². The Kier molecular flexibility index (Phi) is 3.43. The first-order valence-corrected chi connectivity index (χ1v) is 6.09. The van der Waals surface area contributed by atoms with Gasteiger partial charge in [-0.15, -0.1) is 0 Å². The van der Waals surface area contributed by atoms with E-state index in [2.05, 4.69) is 35.1 Å². The van der Waals surface area contributed by atoms with Crippen LogP contribution in [0.1, 0.15) is 23.9 Å². The number of hydrogen-bond donors (Lipinski definition) is 0. The van der Waals surface area contributed by atoms with Crippen molar-refractivity contribution in [3.8, 4) is 11.3 Å². The molecule has 0 radical (unpaired) electrons. The summed E-state index contributed by atoms with van der Waals surface area (Å²) in [5.41, 5.74) is 4.19. The number of hydrogen-bond acceptors (Lipinski definition) is 2. The molecule has 17 heavy (non-hydrogen) atoms. The van der Waals surface area contributed by atoms with Crippen LogP contribution in [0.3, 0.4) is 0 Å². The number of halogens is 1. The lowest BCUT2D eigenvalue weighted by Gasteiger charge is -2.09. The molecule has 0 saturated heterocycles. The van der Waals surface area contributed by atoms with E-state index in [1.54, 1.807) is 0 Å². The minimum absolute atomic E-state index is 0.549. The van der Waals surface area contributed by atoms with Crippen LogP contribution in [0.25, 0.3) is 11.3 Å². The summed E-state index contributed by atoms with van der Waals surface area (Å²) in [6.07, 6.45) is 0.790. The lowest BCUT2D eigenvalue weighted by atomic mass is 10.1. The van der Waals surface area contributed by atoms with Gasteiger partial charge in [0.25, 0.3) is 0 Å². The molecule has 1 aromatic heterocycles. The average molecular weight is 247 g/mol. The SMILES string of the molecule is CCc1nc(Cl)c(C)c(-c2cccc(C)c2)n1. The second kappa shape index (κ2) is 4.84. The first-order valence-electron chi connectivity index (χ1n) is 5.72. The Morgan fingerprint density at radius 2 is 1.94 bits per heavy atom. The van der Waals surface area contributed by atoms with Crippen LogP contribution >= 0.6 is 11.6 Å². The van der Waals surface area contributed by atoms with Gasteiger partial charge in [-0.3, -0.25) is 0 Å². The zero-order chi connectivity index (χ0) is 12.4. The molecule has 2 nitrogen and oxygen atoms in total. The topological polar surface area (TPSA) is 25.8 Å². The summed E-state index contributed by atoms with van der Waals surface area (Å²) in [4.78, 5) is 8.82. The molecule has 0 amide bonds. The van der Waals surface area contributed by atoms with Gasteiger partial charge in [-0.2, -0.15) is 0 Å². The number of nitrogens with zero attached hydrogens (tertiary/aromatic N) is 2. The highest BCUT2D eigenvalue weighted by Gasteiger charge is 2.10. The van der Waals surface area contributed by atoms with E-state index < -0.39 is 0 Å². The summed E-state index contributed by atoms with van der Waals surface area (Å²) < 4.78 is 0.